The first-order valence-corrected chi connectivity index (χ1v) is 46.6. The number of carbonyl (C=O) groups is 4. The van der Waals surface area contributed by atoms with E-state index in [1.807, 2.05) is 0 Å². The van der Waals surface area contributed by atoms with E-state index in [1.54, 1.807) is 0 Å². The molecule has 0 heterocycles. The van der Waals surface area contributed by atoms with Crippen LogP contribution in [0.5, 0.6) is 0 Å². The highest BCUT2D eigenvalue weighted by Gasteiger charge is 2.30. The van der Waals surface area contributed by atoms with Crippen molar-refractivity contribution in [3.63, 3.8) is 0 Å². The summed E-state index contributed by atoms with van der Waals surface area (Å²) in [7, 11) is -9.94. The molecule has 19 heteroatoms. The second-order valence-corrected chi connectivity index (χ2v) is 32.8. The van der Waals surface area contributed by atoms with Crippen molar-refractivity contribution >= 4 is 39.5 Å². The van der Waals surface area contributed by atoms with Crippen molar-refractivity contribution in [2.24, 2.45) is 0 Å². The summed E-state index contributed by atoms with van der Waals surface area (Å²) in [5.74, 6) is -2.13. The van der Waals surface area contributed by atoms with Gasteiger partial charge in [0.25, 0.3) is 0 Å². The Kier molecular flexibility index (Phi) is 76.8. The van der Waals surface area contributed by atoms with Crippen LogP contribution in [0.1, 0.15) is 439 Å². The maximum absolute atomic E-state index is 13.1. The largest absolute Gasteiger partial charge is 0.472 e. The lowest BCUT2D eigenvalue weighted by Gasteiger charge is -2.21. The number of esters is 4. The zero-order chi connectivity index (χ0) is 76.0. The minimum absolute atomic E-state index is 0.102. The molecule has 0 aliphatic heterocycles. The van der Waals surface area contributed by atoms with Crippen molar-refractivity contribution in [2.75, 3.05) is 39.6 Å². The number of ether oxygens (including phenoxy) is 4. The monoisotopic (exact) mass is 1520 g/mol. The SMILES string of the molecule is CCCCC/C=C\C/C=C\CCCCCCCC(=O)OC[C@H](COP(=O)(O)OC[C@H](O)COP(=O)(O)OC[C@@H](COC(=O)CCCCCCCCCCCCCCCCCCC)OC(=O)CCCCCCCCCCCCCCCCCCC)OC(=O)CCCCCCCCCCCCCCCCC. The molecule has 3 N–H and O–H groups in total. The quantitative estimate of drug-likeness (QED) is 0.0169. The Morgan fingerprint density at radius 1 is 0.269 bits per heavy atom. The van der Waals surface area contributed by atoms with E-state index in [-0.39, 0.29) is 25.7 Å². The molecule has 0 aromatic heterocycles. The summed E-state index contributed by atoms with van der Waals surface area (Å²) >= 11 is 0. The van der Waals surface area contributed by atoms with Crippen molar-refractivity contribution in [1.82, 2.24) is 0 Å². The average Bonchev–Trinajstić information content (AvgIpc) is 0.926. The molecule has 0 aliphatic carbocycles. The number of unbranched alkanes of at least 4 members (excludes halogenated alkanes) is 54. The lowest BCUT2D eigenvalue weighted by atomic mass is 10.0. The fourth-order valence-electron chi connectivity index (χ4n) is 12.8. The van der Waals surface area contributed by atoms with Gasteiger partial charge in [-0.2, -0.15) is 0 Å². The van der Waals surface area contributed by atoms with E-state index in [0.29, 0.717) is 25.7 Å². The second-order valence-electron chi connectivity index (χ2n) is 29.9. The molecular weight excluding hydrogens is 1350 g/mol. The van der Waals surface area contributed by atoms with Gasteiger partial charge in [-0.25, -0.2) is 9.13 Å². The molecule has 0 bridgehead atoms. The fraction of sp³-hybridized carbons (Fsp3) is 0.906. The van der Waals surface area contributed by atoms with Gasteiger partial charge >= 0.3 is 39.5 Å². The first-order valence-electron chi connectivity index (χ1n) is 43.6. The van der Waals surface area contributed by atoms with E-state index in [4.69, 9.17) is 37.0 Å². The Labute approximate surface area is 637 Å². The van der Waals surface area contributed by atoms with Crippen molar-refractivity contribution < 1.29 is 80.2 Å². The topological polar surface area (TPSA) is 237 Å². The molecular formula is C85H162O17P2. The standard InChI is InChI=1S/C85H162O17P2/c1-5-9-13-17-21-25-29-33-37-39-43-46-50-54-58-62-66-70-83(88)96-76-81(102-85(90)72-68-64-60-56-52-48-44-40-38-34-30-26-22-18-14-10-6-2)78-100-104(93,94)98-74-79(86)73-97-103(91,92)99-77-80(101-84(89)71-67-63-59-55-51-47-42-36-32-28-24-20-16-12-8-4)75-95-82(87)69-65-61-57-53-49-45-41-35-31-27-23-19-15-11-7-3/h23,27,35,41,79-81,86H,5-22,24-26,28-34,36-40,42-78H2,1-4H3,(H,91,92)(H,93,94)/b27-23-,41-35-/t79-,80+,81+/m0/s1. The van der Waals surface area contributed by atoms with Gasteiger partial charge in [-0.15, -0.1) is 0 Å². The molecule has 0 amide bonds. The predicted octanol–water partition coefficient (Wildman–Crippen LogP) is 25.7. The van der Waals surface area contributed by atoms with Gasteiger partial charge in [0.1, 0.15) is 19.3 Å². The number of phosphoric acid groups is 2. The zero-order valence-electron chi connectivity index (χ0n) is 67.5. The van der Waals surface area contributed by atoms with Crippen molar-refractivity contribution in [3.05, 3.63) is 24.3 Å². The highest BCUT2D eigenvalue weighted by Crippen LogP contribution is 2.45. The fourth-order valence-corrected chi connectivity index (χ4v) is 14.4. The molecule has 2 unspecified atom stereocenters. The predicted molar refractivity (Wildman–Crippen MR) is 428 cm³/mol. The molecule has 0 saturated carbocycles. The summed E-state index contributed by atoms with van der Waals surface area (Å²) in [6, 6.07) is 0. The van der Waals surface area contributed by atoms with Crippen LogP contribution in [0.3, 0.4) is 0 Å². The van der Waals surface area contributed by atoms with Crippen LogP contribution in [0.25, 0.3) is 0 Å². The summed E-state index contributed by atoms with van der Waals surface area (Å²) in [4.78, 5) is 73.2. The molecule has 0 rings (SSSR count). The summed E-state index contributed by atoms with van der Waals surface area (Å²) in [6.07, 6.45) is 75.6. The van der Waals surface area contributed by atoms with Gasteiger partial charge in [-0.1, -0.05) is 379 Å². The highest BCUT2D eigenvalue weighted by molar-refractivity contribution is 7.47. The second kappa shape index (κ2) is 78.7. The van der Waals surface area contributed by atoms with Crippen LogP contribution in [0.4, 0.5) is 0 Å². The van der Waals surface area contributed by atoms with E-state index in [9.17, 15) is 43.2 Å². The zero-order valence-corrected chi connectivity index (χ0v) is 69.3. The molecule has 0 fully saturated rings. The number of aliphatic hydroxyl groups excluding tert-OH is 1. The summed E-state index contributed by atoms with van der Waals surface area (Å²) < 4.78 is 68.9. The average molecular weight is 1520 g/mol. The lowest BCUT2D eigenvalue weighted by Crippen LogP contribution is -2.30. The van der Waals surface area contributed by atoms with Gasteiger partial charge in [0.2, 0.25) is 0 Å². The first-order chi connectivity index (χ1) is 50.7. The number of allylic oxidation sites excluding steroid dienone is 4. The molecule has 0 aromatic rings. The Morgan fingerprint density at radius 3 is 0.731 bits per heavy atom. The lowest BCUT2D eigenvalue weighted by molar-refractivity contribution is -0.161. The van der Waals surface area contributed by atoms with Crippen LogP contribution >= 0.6 is 15.6 Å². The molecule has 0 radical (unpaired) electrons. The minimum Gasteiger partial charge on any atom is -0.462 e. The maximum Gasteiger partial charge on any atom is 0.472 e. The van der Waals surface area contributed by atoms with Crippen molar-refractivity contribution in [1.29, 1.82) is 0 Å². The molecule has 614 valence electrons. The first kappa shape index (κ1) is 102. The summed E-state index contributed by atoms with van der Waals surface area (Å²) in [5.41, 5.74) is 0. The van der Waals surface area contributed by atoms with Crippen LogP contribution < -0.4 is 0 Å². The summed E-state index contributed by atoms with van der Waals surface area (Å²) in [6.45, 7) is 4.99. The van der Waals surface area contributed by atoms with Crippen LogP contribution in [0, 0.1) is 0 Å². The molecule has 0 spiro atoms. The van der Waals surface area contributed by atoms with E-state index >= 15 is 0 Å². The van der Waals surface area contributed by atoms with Gasteiger partial charge < -0.3 is 33.8 Å². The van der Waals surface area contributed by atoms with Crippen LogP contribution in [-0.2, 0) is 65.4 Å². The third kappa shape index (κ3) is 77.7. The molecule has 0 aromatic carbocycles. The molecule has 5 atom stereocenters. The molecule has 17 nitrogen and oxygen atoms in total. The number of aliphatic hydroxyl groups is 1. The Morgan fingerprint density at radius 2 is 0.471 bits per heavy atom. The number of hydrogen-bond acceptors (Lipinski definition) is 15. The smallest absolute Gasteiger partial charge is 0.462 e. The summed E-state index contributed by atoms with van der Waals surface area (Å²) in [5, 5.41) is 10.7. The Hall–Kier alpha value is -2.46. The third-order valence-electron chi connectivity index (χ3n) is 19.4. The van der Waals surface area contributed by atoms with Gasteiger partial charge in [0.05, 0.1) is 26.4 Å². The maximum atomic E-state index is 13.1. The van der Waals surface area contributed by atoms with Crippen LogP contribution in [0.2, 0.25) is 0 Å². The number of hydrogen-bond donors (Lipinski definition) is 3. The molecule has 104 heavy (non-hydrogen) atoms. The number of rotatable bonds is 84. The van der Waals surface area contributed by atoms with E-state index in [1.165, 1.54) is 244 Å². The highest BCUT2D eigenvalue weighted by atomic mass is 31.2. The normalized spacial score (nSPS) is 13.9. The van der Waals surface area contributed by atoms with Gasteiger partial charge in [-0.05, 0) is 57.8 Å². The Bertz CT molecular complexity index is 2060. The minimum atomic E-state index is -4.97. The van der Waals surface area contributed by atoms with Crippen LogP contribution in [-0.4, -0.2) is 96.7 Å². The third-order valence-corrected chi connectivity index (χ3v) is 21.4. The number of carbonyl (C=O) groups excluding carboxylic acids is 4. The van der Waals surface area contributed by atoms with Crippen LogP contribution in [0.15, 0.2) is 24.3 Å². The van der Waals surface area contributed by atoms with E-state index in [0.717, 1.165) is 116 Å². The molecule has 0 saturated heterocycles. The molecule has 0 aliphatic rings. The number of phosphoric ester groups is 2. The van der Waals surface area contributed by atoms with Gasteiger partial charge in [0, 0.05) is 25.7 Å². The van der Waals surface area contributed by atoms with Gasteiger partial charge in [0.15, 0.2) is 12.2 Å². The van der Waals surface area contributed by atoms with Crippen molar-refractivity contribution in [2.45, 2.75) is 457 Å². The van der Waals surface area contributed by atoms with Crippen molar-refractivity contribution in [3.8, 4) is 0 Å². The van der Waals surface area contributed by atoms with Gasteiger partial charge in [-0.3, -0.25) is 37.3 Å². The van der Waals surface area contributed by atoms with E-state index < -0.39 is 97.5 Å². The van der Waals surface area contributed by atoms with E-state index in [2.05, 4.69) is 52.0 Å². The Balaban J connectivity index is 5.30.